The van der Waals surface area contributed by atoms with Crippen molar-refractivity contribution in [3.8, 4) is 5.75 Å². The van der Waals surface area contributed by atoms with Crippen molar-refractivity contribution >= 4 is 41.0 Å². The fraction of sp³-hybridized carbons (Fsp3) is 0.200. The van der Waals surface area contributed by atoms with Gasteiger partial charge < -0.3 is 19.7 Å². The average Bonchev–Trinajstić information content (AvgIpc) is 3.15. The fourth-order valence-corrected chi connectivity index (χ4v) is 3.62. The molecule has 0 atom stereocenters. The highest BCUT2D eigenvalue weighted by molar-refractivity contribution is 7.11. The van der Waals surface area contributed by atoms with E-state index in [0.717, 1.165) is 10.4 Å². The molecule has 3 heterocycles. The summed E-state index contributed by atoms with van der Waals surface area (Å²) in [6.07, 6.45) is 5.06. The SMILES string of the molecule is O=C1Nc2ccccc2O/C1=C\c1cc(/C=C/C(=O)N2CCOCC2)cs1. The third kappa shape index (κ3) is 4.10. The number of ether oxygens (including phenoxy) is 2. The molecule has 27 heavy (non-hydrogen) atoms. The van der Waals surface area contributed by atoms with E-state index in [2.05, 4.69) is 5.32 Å². The lowest BCUT2D eigenvalue weighted by Gasteiger charge is -2.25. The van der Waals surface area contributed by atoms with Crippen LogP contribution < -0.4 is 10.1 Å². The maximum Gasteiger partial charge on any atom is 0.291 e. The molecule has 1 aromatic carbocycles. The Hall–Kier alpha value is -2.90. The maximum atomic E-state index is 12.2. The van der Waals surface area contributed by atoms with Gasteiger partial charge in [0.05, 0.1) is 18.9 Å². The third-order valence-electron chi connectivity index (χ3n) is 4.23. The summed E-state index contributed by atoms with van der Waals surface area (Å²) in [4.78, 5) is 27.0. The molecule has 6 nitrogen and oxygen atoms in total. The summed E-state index contributed by atoms with van der Waals surface area (Å²) < 4.78 is 11.0. The van der Waals surface area contributed by atoms with E-state index in [1.165, 1.54) is 11.3 Å². The van der Waals surface area contributed by atoms with E-state index in [4.69, 9.17) is 9.47 Å². The Kier molecular flexibility index (Phi) is 5.04. The fourth-order valence-electron chi connectivity index (χ4n) is 2.82. The Bertz CT molecular complexity index is 926. The molecule has 138 valence electrons. The monoisotopic (exact) mass is 382 g/mol. The zero-order valence-electron chi connectivity index (χ0n) is 14.5. The highest BCUT2D eigenvalue weighted by Crippen LogP contribution is 2.31. The van der Waals surface area contributed by atoms with Crippen molar-refractivity contribution in [3.63, 3.8) is 0 Å². The maximum absolute atomic E-state index is 12.2. The quantitative estimate of drug-likeness (QED) is 0.829. The first-order valence-corrected chi connectivity index (χ1v) is 9.50. The number of nitrogens with one attached hydrogen (secondary N) is 1. The number of benzene rings is 1. The number of morpholine rings is 1. The van der Waals surface area contributed by atoms with Crippen LogP contribution in [-0.4, -0.2) is 43.0 Å². The van der Waals surface area contributed by atoms with Crippen LogP contribution in [-0.2, 0) is 14.3 Å². The first-order valence-electron chi connectivity index (χ1n) is 8.62. The number of hydrogen-bond acceptors (Lipinski definition) is 5. The molecular weight excluding hydrogens is 364 g/mol. The summed E-state index contributed by atoms with van der Waals surface area (Å²) in [6.45, 7) is 2.41. The van der Waals surface area contributed by atoms with E-state index < -0.39 is 0 Å². The molecule has 0 unspecified atom stereocenters. The Morgan fingerprint density at radius 1 is 1.22 bits per heavy atom. The van der Waals surface area contributed by atoms with Crippen LogP contribution in [0.5, 0.6) is 5.75 Å². The van der Waals surface area contributed by atoms with E-state index in [-0.39, 0.29) is 17.6 Å². The van der Waals surface area contributed by atoms with Gasteiger partial charge in [0.1, 0.15) is 0 Å². The minimum atomic E-state index is -0.276. The van der Waals surface area contributed by atoms with Crippen LogP contribution in [0.2, 0.25) is 0 Å². The molecule has 1 N–H and O–H groups in total. The number of hydrogen-bond donors (Lipinski definition) is 1. The second kappa shape index (κ2) is 7.77. The number of amides is 2. The Labute approximate surface area is 160 Å². The van der Waals surface area contributed by atoms with Gasteiger partial charge in [0.25, 0.3) is 5.91 Å². The number of rotatable bonds is 3. The molecule has 2 aliphatic rings. The van der Waals surface area contributed by atoms with Gasteiger partial charge in [-0.05, 0) is 35.2 Å². The second-order valence-electron chi connectivity index (χ2n) is 6.11. The average molecular weight is 382 g/mol. The topological polar surface area (TPSA) is 67.9 Å². The van der Waals surface area contributed by atoms with Gasteiger partial charge in [0.15, 0.2) is 11.5 Å². The lowest BCUT2D eigenvalue weighted by Crippen LogP contribution is -2.39. The molecule has 0 radical (unpaired) electrons. The molecule has 1 aromatic heterocycles. The predicted octanol–water partition coefficient (Wildman–Crippen LogP) is 2.99. The van der Waals surface area contributed by atoms with Gasteiger partial charge in [-0.25, -0.2) is 0 Å². The Morgan fingerprint density at radius 2 is 2.04 bits per heavy atom. The van der Waals surface area contributed by atoms with Crippen LogP contribution in [0.3, 0.4) is 0 Å². The predicted molar refractivity (Wildman–Crippen MR) is 104 cm³/mol. The number of carbonyl (C=O) groups is 2. The van der Waals surface area contributed by atoms with Crippen LogP contribution in [0.1, 0.15) is 10.4 Å². The van der Waals surface area contributed by atoms with Crippen molar-refractivity contribution in [3.05, 3.63) is 58.0 Å². The Morgan fingerprint density at radius 3 is 2.89 bits per heavy atom. The summed E-state index contributed by atoms with van der Waals surface area (Å²) in [7, 11) is 0. The first-order chi connectivity index (χ1) is 13.2. The van der Waals surface area contributed by atoms with Gasteiger partial charge in [-0.15, -0.1) is 11.3 Å². The van der Waals surface area contributed by atoms with Gasteiger partial charge >= 0.3 is 0 Å². The number of fused-ring (bicyclic) bond motifs is 1. The number of para-hydroxylation sites is 2. The molecule has 1 fully saturated rings. The van der Waals surface area contributed by atoms with E-state index in [1.807, 2.05) is 29.6 Å². The van der Waals surface area contributed by atoms with E-state index in [0.29, 0.717) is 37.7 Å². The minimum Gasteiger partial charge on any atom is -0.449 e. The molecular formula is C20H18N2O4S. The standard InChI is InChI=1S/C20H18N2O4S/c23-19(22-7-9-25-10-8-22)6-5-14-11-15(27-13-14)12-18-20(24)21-16-3-1-2-4-17(16)26-18/h1-6,11-13H,7-10H2,(H,21,24)/b6-5+,18-12-. The zero-order valence-corrected chi connectivity index (χ0v) is 15.3. The largest absolute Gasteiger partial charge is 0.449 e. The summed E-state index contributed by atoms with van der Waals surface area (Å²) >= 11 is 1.48. The first kappa shape index (κ1) is 17.5. The van der Waals surface area contributed by atoms with Crippen LogP contribution >= 0.6 is 11.3 Å². The molecule has 0 bridgehead atoms. The zero-order chi connectivity index (χ0) is 18.6. The van der Waals surface area contributed by atoms with Gasteiger partial charge in [-0.1, -0.05) is 12.1 Å². The smallest absolute Gasteiger partial charge is 0.291 e. The van der Waals surface area contributed by atoms with Gasteiger partial charge in [0.2, 0.25) is 5.91 Å². The van der Waals surface area contributed by atoms with Crippen molar-refractivity contribution < 1.29 is 19.1 Å². The van der Waals surface area contributed by atoms with E-state index in [1.54, 1.807) is 29.2 Å². The van der Waals surface area contributed by atoms with Crippen molar-refractivity contribution in [2.75, 3.05) is 31.6 Å². The van der Waals surface area contributed by atoms with Crippen LogP contribution in [0.4, 0.5) is 5.69 Å². The van der Waals surface area contributed by atoms with Crippen LogP contribution in [0, 0.1) is 0 Å². The summed E-state index contributed by atoms with van der Waals surface area (Å²) in [5, 5.41) is 4.75. The molecule has 4 rings (SSSR count). The van der Waals surface area contributed by atoms with E-state index >= 15 is 0 Å². The van der Waals surface area contributed by atoms with Gasteiger partial charge in [0, 0.05) is 30.1 Å². The Balaban J connectivity index is 1.45. The lowest BCUT2D eigenvalue weighted by atomic mass is 10.2. The molecule has 2 aliphatic heterocycles. The molecule has 0 saturated carbocycles. The highest BCUT2D eigenvalue weighted by Gasteiger charge is 2.21. The number of anilines is 1. The van der Waals surface area contributed by atoms with Gasteiger partial charge in [-0.2, -0.15) is 0 Å². The lowest BCUT2D eigenvalue weighted by molar-refractivity contribution is -0.129. The molecule has 7 heteroatoms. The second-order valence-corrected chi connectivity index (χ2v) is 7.06. The third-order valence-corrected chi connectivity index (χ3v) is 5.13. The summed E-state index contributed by atoms with van der Waals surface area (Å²) in [5.41, 5.74) is 1.57. The van der Waals surface area contributed by atoms with Crippen molar-refractivity contribution in [2.45, 2.75) is 0 Å². The number of thiophene rings is 1. The molecule has 2 amide bonds. The van der Waals surface area contributed by atoms with E-state index in [9.17, 15) is 9.59 Å². The van der Waals surface area contributed by atoms with Crippen molar-refractivity contribution in [2.24, 2.45) is 0 Å². The highest BCUT2D eigenvalue weighted by atomic mass is 32.1. The molecule has 0 spiro atoms. The molecule has 2 aromatic rings. The number of nitrogens with zero attached hydrogens (tertiary/aromatic N) is 1. The normalized spacial score (nSPS) is 18.3. The van der Waals surface area contributed by atoms with Crippen molar-refractivity contribution in [1.29, 1.82) is 0 Å². The van der Waals surface area contributed by atoms with Crippen LogP contribution in [0.15, 0.2) is 47.5 Å². The summed E-state index contributed by atoms with van der Waals surface area (Å²) in [5.74, 6) is 0.573. The van der Waals surface area contributed by atoms with Crippen LogP contribution in [0.25, 0.3) is 12.2 Å². The number of carbonyl (C=O) groups excluding carboxylic acids is 2. The van der Waals surface area contributed by atoms with Crippen molar-refractivity contribution in [1.82, 2.24) is 4.90 Å². The summed E-state index contributed by atoms with van der Waals surface area (Å²) in [6, 6.07) is 9.21. The molecule has 0 aliphatic carbocycles. The minimum absolute atomic E-state index is 0.0176. The van der Waals surface area contributed by atoms with Gasteiger partial charge in [-0.3, -0.25) is 9.59 Å². The molecule has 1 saturated heterocycles.